The molecule has 1 saturated heterocycles. The van der Waals surface area contributed by atoms with Gasteiger partial charge in [-0.1, -0.05) is 0 Å². The number of fused-ring (bicyclic) bond motifs is 1. The Morgan fingerprint density at radius 2 is 2.12 bits per heavy atom. The Morgan fingerprint density at radius 1 is 1.28 bits per heavy atom. The predicted molar refractivity (Wildman–Crippen MR) is 92.9 cm³/mol. The van der Waals surface area contributed by atoms with Gasteiger partial charge >= 0.3 is 0 Å². The Bertz CT molecular complexity index is 917. The second-order valence-electron chi connectivity index (χ2n) is 6.20. The van der Waals surface area contributed by atoms with Crippen molar-refractivity contribution in [3.8, 4) is 11.3 Å². The van der Waals surface area contributed by atoms with Crippen LogP contribution >= 0.6 is 0 Å². The van der Waals surface area contributed by atoms with Crippen molar-refractivity contribution in [1.29, 1.82) is 0 Å². The molecule has 2 N–H and O–H groups in total. The Balaban J connectivity index is 1.71. The number of imidazole rings is 1. The normalized spacial score (nSPS) is 15.4. The lowest BCUT2D eigenvalue weighted by molar-refractivity contribution is -0.105. The molecule has 6 nitrogen and oxygen atoms in total. The highest BCUT2D eigenvalue weighted by Crippen LogP contribution is 2.27. The fourth-order valence-corrected chi connectivity index (χ4v) is 3.28. The molecule has 7 heteroatoms. The van der Waals surface area contributed by atoms with Gasteiger partial charge in [0.1, 0.15) is 5.82 Å². The lowest BCUT2D eigenvalue weighted by atomic mass is 9.92. The fraction of sp³-hybridized carbons (Fsp3) is 0.278. The van der Waals surface area contributed by atoms with Crippen LogP contribution in [0, 0.1) is 5.82 Å². The highest BCUT2D eigenvalue weighted by atomic mass is 19.1. The van der Waals surface area contributed by atoms with Crippen LogP contribution in [0.3, 0.4) is 0 Å². The monoisotopic (exact) mass is 339 g/mol. The van der Waals surface area contributed by atoms with Crippen LogP contribution in [0.15, 0.2) is 36.8 Å². The van der Waals surface area contributed by atoms with Crippen LogP contribution in [-0.2, 0) is 4.79 Å². The third kappa shape index (κ3) is 3.10. The SMILES string of the molecule is O=CNc1ccc(F)c(-c2cn3cc(C4CCNCC4)cnc3n2)c1. The maximum atomic E-state index is 14.2. The molecule has 4 rings (SSSR count). The van der Waals surface area contributed by atoms with Crippen molar-refractivity contribution in [2.75, 3.05) is 18.4 Å². The van der Waals surface area contributed by atoms with Crippen molar-refractivity contribution < 1.29 is 9.18 Å². The van der Waals surface area contributed by atoms with Gasteiger partial charge in [0.25, 0.3) is 0 Å². The standard InChI is InChI=1S/C18H18FN5O/c19-16-2-1-14(22-11-25)7-15(16)17-10-24-9-13(8-21-18(24)23-17)12-3-5-20-6-4-12/h1-2,7-12,20H,3-6H2,(H,22,25). The summed E-state index contributed by atoms with van der Waals surface area (Å²) in [5.41, 5.74) is 2.52. The van der Waals surface area contributed by atoms with Gasteiger partial charge in [0.15, 0.2) is 0 Å². The van der Waals surface area contributed by atoms with Gasteiger partial charge in [0.2, 0.25) is 12.2 Å². The molecule has 0 unspecified atom stereocenters. The molecule has 1 fully saturated rings. The summed E-state index contributed by atoms with van der Waals surface area (Å²) in [4.78, 5) is 19.4. The number of anilines is 1. The van der Waals surface area contributed by atoms with Crippen molar-refractivity contribution in [2.24, 2.45) is 0 Å². The van der Waals surface area contributed by atoms with Crippen molar-refractivity contribution in [2.45, 2.75) is 18.8 Å². The molecule has 0 atom stereocenters. The summed E-state index contributed by atoms with van der Waals surface area (Å²) >= 11 is 0. The van der Waals surface area contributed by atoms with E-state index in [-0.39, 0.29) is 0 Å². The van der Waals surface area contributed by atoms with E-state index in [4.69, 9.17) is 0 Å². The summed E-state index contributed by atoms with van der Waals surface area (Å²) in [7, 11) is 0. The van der Waals surface area contributed by atoms with Gasteiger partial charge in [-0.25, -0.2) is 14.4 Å². The van der Waals surface area contributed by atoms with Gasteiger partial charge in [0.05, 0.1) is 5.69 Å². The molecule has 2 aromatic heterocycles. The minimum Gasteiger partial charge on any atom is -0.329 e. The molecule has 0 radical (unpaired) electrons. The van der Waals surface area contributed by atoms with E-state index in [1.54, 1.807) is 12.3 Å². The topological polar surface area (TPSA) is 71.3 Å². The van der Waals surface area contributed by atoms with Gasteiger partial charge in [-0.3, -0.25) is 9.20 Å². The van der Waals surface area contributed by atoms with Crippen LogP contribution in [0.5, 0.6) is 0 Å². The van der Waals surface area contributed by atoms with Crippen LogP contribution in [-0.4, -0.2) is 33.9 Å². The van der Waals surface area contributed by atoms with E-state index < -0.39 is 5.82 Å². The molecule has 3 heterocycles. The molecule has 0 spiro atoms. The molecule has 0 saturated carbocycles. The minimum absolute atomic E-state index is 0.334. The van der Waals surface area contributed by atoms with Crippen LogP contribution in [0.4, 0.5) is 10.1 Å². The van der Waals surface area contributed by atoms with Gasteiger partial charge < -0.3 is 10.6 Å². The minimum atomic E-state index is -0.390. The molecule has 1 amide bonds. The fourth-order valence-electron chi connectivity index (χ4n) is 3.28. The first-order valence-electron chi connectivity index (χ1n) is 8.30. The Morgan fingerprint density at radius 3 is 2.92 bits per heavy atom. The summed E-state index contributed by atoms with van der Waals surface area (Å²) in [6, 6.07) is 4.40. The maximum absolute atomic E-state index is 14.2. The number of aromatic nitrogens is 3. The quantitative estimate of drug-likeness (QED) is 0.717. The number of nitrogens with zero attached hydrogens (tertiary/aromatic N) is 3. The molecule has 0 aliphatic carbocycles. The van der Waals surface area contributed by atoms with Gasteiger partial charge in [-0.15, -0.1) is 0 Å². The number of benzene rings is 1. The summed E-state index contributed by atoms with van der Waals surface area (Å²) in [5, 5.41) is 5.88. The lowest BCUT2D eigenvalue weighted by Crippen LogP contribution is -2.26. The first-order valence-corrected chi connectivity index (χ1v) is 8.30. The maximum Gasteiger partial charge on any atom is 0.234 e. The van der Waals surface area contributed by atoms with Crippen LogP contribution in [0.25, 0.3) is 17.0 Å². The van der Waals surface area contributed by atoms with Crippen LogP contribution in [0.1, 0.15) is 24.3 Å². The van der Waals surface area contributed by atoms with Crippen LogP contribution in [0.2, 0.25) is 0 Å². The van der Waals surface area contributed by atoms with E-state index in [0.717, 1.165) is 25.9 Å². The van der Waals surface area contributed by atoms with E-state index in [2.05, 4.69) is 20.6 Å². The molecule has 25 heavy (non-hydrogen) atoms. The zero-order chi connectivity index (χ0) is 17.2. The van der Waals surface area contributed by atoms with Gasteiger partial charge in [-0.05, 0) is 55.6 Å². The van der Waals surface area contributed by atoms with E-state index in [0.29, 0.717) is 35.1 Å². The van der Waals surface area contributed by atoms with Gasteiger partial charge in [0, 0.05) is 29.8 Å². The number of piperidine rings is 1. The number of halogens is 1. The molecular weight excluding hydrogens is 321 g/mol. The number of nitrogens with one attached hydrogen (secondary N) is 2. The van der Waals surface area contributed by atoms with E-state index >= 15 is 0 Å². The van der Waals surface area contributed by atoms with E-state index in [1.807, 2.05) is 16.8 Å². The number of carbonyl (C=O) groups excluding carboxylic acids is 1. The molecule has 0 bridgehead atoms. The smallest absolute Gasteiger partial charge is 0.234 e. The second kappa shape index (κ2) is 6.60. The third-order valence-corrected chi connectivity index (χ3v) is 4.61. The third-order valence-electron chi connectivity index (χ3n) is 4.61. The van der Waals surface area contributed by atoms with Crippen molar-refractivity contribution in [3.05, 3.63) is 48.2 Å². The van der Waals surface area contributed by atoms with E-state index in [9.17, 15) is 9.18 Å². The molecule has 128 valence electrons. The van der Waals surface area contributed by atoms with Crippen molar-refractivity contribution in [3.63, 3.8) is 0 Å². The number of hydrogen-bond donors (Lipinski definition) is 2. The number of hydrogen-bond acceptors (Lipinski definition) is 4. The first-order chi connectivity index (χ1) is 12.2. The van der Waals surface area contributed by atoms with Crippen molar-refractivity contribution in [1.82, 2.24) is 19.7 Å². The molecule has 1 aliphatic rings. The summed E-state index contributed by atoms with van der Waals surface area (Å²) in [5.74, 6) is 0.625. The summed E-state index contributed by atoms with van der Waals surface area (Å²) in [6.45, 7) is 2.03. The molecule has 1 aromatic carbocycles. The Hall–Kier alpha value is -2.80. The summed E-state index contributed by atoms with van der Waals surface area (Å²) in [6.07, 6.45) is 8.40. The summed E-state index contributed by atoms with van der Waals surface area (Å²) < 4.78 is 16.0. The Labute approximate surface area is 144 Å². The van der Waals surface area contributed by atoms with Crippen LogP contribution < -0.4 is 10.6 Å². The number of carbonyl (C=O) groups is 1. The highest BCUT2D eigenvalue weighted by molar-refractivity contribution is 5.75. The average Bonchev–Trinajstić information content (AvgIpc) is 3.07. The van der Waals surface area contributed by atoms with Crippen molar-refractivity contribution >= 4 is 17.9 Å². The second-order valence-corrected chi connectivity index (χ2v) is 6.20. The molecule has 1 aliphatic heterocycles. The zero-order valence-corrected chi connectivity index (χ0v) is 13.6. The zero-order valence-electron chi connectivity index (χ0n) is 13.6. The highest BCUT2D eigenvalue weighted by Gasteiger charge is 2.17. The average molecular weight is 339 g/mol. The van der Waals surface area contributed by atoms with Gasteiger partial charge in [-0.2, -0.15) is 0 Å². The van der Waals surface area contributed by atoms with E-state index in [1.165, 1.54) is 17.7 Å². The number of rotatable bonds is 4. The predicted octanol–water partition coefficient (Wildman–Crippen LogP) is 2.57. The largest absolute Gasteiger partial charge is 0.329 e. The molecular formula is C18H18FN5O. The Kier molecular flexibility index (Phi) is 4.15. The lowest BCUT2D eigenvalue weighted by Gasteiger charge is -2.22. The first kappa shape index (κ1) is 15.7. The number of amides is 1. The molecule has 3 aromatic rings.